The van der Waals surface area contributed by atoms with Crippen LogP contribution in [0.25, 0.3) is 22.3 Å². The highest BCUT2D eigenvalue weighted by Crippen LogP contribution is 2.31. The van der Waals surface area contributed by atoms with E-state index in [1.165, 1.54) is 0 Å². The largest absolute Gasteiger partial charge is 0.490 e. The average molecular weight is 402 g/mol. The molecule has 0 atom stereocenters. The molecule has 3 aromatic rings. The number of aromatic nitrogens is 1. The van der Waals surface area contributed by atoms with Gasteiger partial charge < -0.3 is 9.30 Å². The number of hydrogen-bond acceptors (Lipinski definition) is 2. The predicted molar refractivity (Wildman–Crippen MR) is 126 cm³/mol. The fraction of sp³-hybridized carbons (Fsp3) is 0.192. The molecule has 1 aromatic heterocycles. The molecule has 0 aliphatic heterocycles. The molecule has 0 spiro atoms. The maximum atomic E-state index is 5.91. The quantitative estimate of drug-likeness (QED) is 0.298. The van der Waals surface area contributed by atoms with Crippen LogP contribution < -0.4 is 4.74 Å². The summed E-state index contributed by atoms with van der Waals surface area (Å²) in [5.41, 5.74) is 4.32. The summed E-state index contributed by atoms with van der Waals surface area (Å²) in [6, 6.07) is 18.8. The van der Waals surface area contributed by atoms with Gasteiger partial charge in [0, 0.05) is 29.6 Å². The Hall–Kier alpha value is -2.91. The fourth-order valence-corrected chi connectivity index (χ4v) is 3.41. The summed E-state index contributed by atoms with van der Waals surface area (Å²) in [5.74, 6) is 0.836. The number of pyridine rings is 1. The summed E-state index contributed by atoms with van der Waals surface area (Å²) in [4.78, 5) is 0. The predicted octanol–water partition coefficient (Wildman–Crippen LogP) is 7.64. The third kappa shape index (κ3) is 5.33. The molecule has 0 radical (unpaired) electrons. The number of hydrogen-bond donors (Lipinski definition) is 0. The molecule has 0 amide bonds. The molecule has 148 valence electrons. The van der Waals surface area contributed by atoms with Crippen molar-refractivity contribution in [1.82, 2.24) is 4.57 Å². The third-order valence-corrected chi connectivity index (χ3v) is 5.10. The van der Waals surface area contributed by atoms with Gasteiger partial charge in [0.1, 0.15) is 12.4 Å². The van der Waals surface area contributed by atoms with Gasteiger partial charge >= 0.3 is 0 Å². The Labute approximate surface area is 178 Å². The summed E-state index contributed by atoms with van der Waals surface area (Å²) in [6.45, 7) is 6.88. The molecule has 0 N–H and O–H groups in total. The molecule has 0 saturated heterocycles. The lowest BCUT2D eigenvalue weighted by Crippen LogP contribution is -2.03. The molecule has 3 heteroatoms. The van der Waals surface area contributed by atoms with Crippen LogP contribution in [0.5, 0.6) is 5.75 Å². The van der Waals surface area contributed by atoms with E-state index in [0.717, 1.165) is 32.5 Å². The smallest absolute Gasteiger partial charge is 0.120 e. The first-order valence-electron chi connectivity index (χ1n) is 9.92. The van der Waals surface area contributed by atoms with Crippen molar-refractivity contribution in [2.45, 2.75) is 26.8 Å². The summed E-state index contributed by atoms with van der Waals surface area (Å²) >= 11 is 5.91. The van der Waals surface area contributed by atoms with Gasteiger partial charge in [-0.1, -0.05) is 72.9 Å². The Balaban J connectivity index is 2.01. The first-order chi connectivity index (χ1) is 14.1. The molecule has 0 saturated carbocycles. The second-order valence-electron chi connectivity index (χ2n) is 7.11. The van der Waals surface area contributed by atoms with Crippen LogP contribution in [0.2, 0.25) is 0 Å². The lowest BCUT2D eigenvalue weighted by atomic mass is 10.0. The van der Waals surface area contributed by atoms with Crippen LogP contribution in [0.3, 0.4) is 0 Å². The van der Waals surface area contributed by atoms with Gasteiger partial charge in [-0.3, -0.25) is 0 Å². The minimum Gasteiger partial charge on any atom is -0.490 e. The maximum absolute atomic E-state index is 5.91. The van der Waals surface area contributed by atoms with Gasteiger partial charge in [0.05, 0.1) is 4.51 Å². The zero-order valence-electron chi connectivity index (χ0n) is 17.2. The van der Waals surface area contributed by atoms with Gasteiger partial charge in [0.2, 0.25) is 0 Å². The highest BCUT2D eigenvalue weighted by molar-refractivity contribution is 7.71. The molecule has 29 heavy (non-hydrogen) atoms. The van der Waals surface area contributed by atoms with E-state index in [1.807, 2.05) is 61.6 Å². The second kappa shape index (κ2) is 10.0. The van der Waals surface area contributed by atoms with E-state index in [2.05, 4.69) is 55.1 Å². The van der Waals surface area contributed by atoms with Gasteiger partial charge in [-0.05, 0) is 50.1 Å². The van der Waals surface area contributed by atoms with Gasteiger partial charge in [0.25, 0.3) is 0 Å². The summed E-state index contributed by atoms with van der Waals surface area (Å²) in [6.07, 6.45) is 12.3. The molecule has 0 unspecified atom stereocenters. The molecule has 2 nitrogen and oxygen atoms in total. The monoisotopic (exact) mass is 401 g/mol. The van der Waals surface area contributed by atoms with Crippen molar-refractivity contribution in [1.29, 1.82) is 0 Å². The van der Waals surface area contributed by atoms with E-state index in [1.54, 1.807) is 0 Å². The maximum Gasteiger partial charge on any atom is 0.120 e. The lowest BCUT2D eigenvalue weighted by molar-refractivity contribution is 0.363. The third-order valence-electron chi connectivity index (χ3n) is 4.66. The number of nitrogens with zero attached hydrogens (tertiary/aromatic N) is 1. The Kier molecular flexibility index (Phi) is 7.20. The Morgan fingerprint density at radius 1 is 0.931 bits per heavy atom. The Morgan fingerprint density at radius 3 is 2.31 bits per heavy atom. The summed E-state index contributed by atoms with van der Waals surface area (Å²) in [5, 5.41) is 0. The normalized spacial score (nSPS) is 11.6. The second-order valence-corrected chi connectivity index (χ2v) is 7.52. The molecule has 0 aliphatic carbocycles. The number of ether oxygens (including phenoxy) is 1. The van der Waals surface area contributed by atoms with Gasteiger partial charge in [-0.2, -0.15) is 0 Å². The summed E-state index contributed by atoms with van der Waals surface area (Å²) in [7, 11) is 0. The van der Waals surface area contributed by atoms with Crippen LogP contribution >= 0.6 is 12.2 Å². The van der Waals surface area contributed by atoms with Crippen LogP contribution in [-0.4, -0.2) is 11.2 Å². The van der Waals surface area contributed by atoms with Crippen LogP contribution in [0.4, 0.5) is 0 Å². The average Bonchev–Trinajstić information content (AvgIpc) is 2.74. The molecule has 3 rings (SSSR count). The Bertz CT molecular complexity index is 1060. The van der Waals surface area contributed by atoms with E-state index in [4.69, 9.17) is 17.0 Å². The van der Waals surface area contributed by atoms with Crippen molar-refractivity contribution in [2.24, 2.45) is 0 Å². The lowest BCUT2D eigenvalue weighted by Gasteiger charge is -2.17. The van der Waals surface area contributed by atoms with Crippen LogP contribution in [0, 0.1) is 4.51 Å². The van der Waals surface area contributed by atoms with Crippen molar-refractivity contribution in [3.05, 3.63) is 95.8 Å². The van der Waals surface area contributed by atoms with E-state index in [9.17, 15) is 0 Å². The SMILES string of the molecule is C/C=C/C=C/COc1cccc(-c2cn(C(C)C)cc(-c3ccccc3)c2=S)c1. The topological polar surface area (TPSA) is 14.2 Å². The van der Waals surface area contributed by atoms with Crippen molar-refractivity contribution < 1.29 is 4.74 Å². The van der Waals surface area contributed by atoms with E-state index in [-0.39, 0.29) is 0 Å². The molecule has 0 bridgehead atoms. The van der Waals surface area contributed by atoms with Gasteiger partial charge in [-0.25, -0.2) is 0 Å². The van der Waals surface area contributed by atoms with E-state index >= 15 is 0 Å². The summed E-state index contributed by atoms with van der Waals surface area (Å²) < 4.78 is 8.97. The number of benzene rings is 2. The van der Waals surface area contributed by atoms with Crippen molar-refractivity contribution in [3.8, 4) is 28.0 Å². The standard InChI is InChI=1S/C26H27NOS/c1-4-5-6-10-16-28-23-15-11-14-22(17-23)25-19-27(20(2)3)18-24(26(25)29)21-12-8-7-9-13-21/h4-15,17-20H,16H2,1-3H3/b5-4+,10-6+. The first-order valence-corrected chi connectivity index (χ1v) is 10.3. The van der Waals surface area contributed by atoms with E-state index in [0.29, 0.717) is 12.6 Å². The Morgan fingerprint density at radius 2 is 1.62 bits per heavy atom. The molecule has 1 heterocycles. The molecule has 0 aliphatic rings. The van der Waals surface area contributed by atoms with E-state index < -0.39 is 0 Å². The van der Waals surface area contributed by atoms with Crippen LogP contribution in [0.1, 0.15) is 26.8 Å². The van der Waals surface area contributed by atoms with Crippen molar-refractivity contribution >= 4 is 12.2 Å². The fourth-order valence-electron chi connectivity index (χ4n) is 3.07. The first kappa shape index (κ1) is 20.8. The highest BCUT2D eigenvalue weighted by Gasteiger charge is 2.11. The zero-order chi connectivity index (χ0) is 20.6. The molecule has 2 aromatic carbocycles. The van der Waals surface area contributed by atoms with Crippen molar-refractivity contribution in [2.75, 3.05) is 6.61 Å². The number of allylic oxidation sites excluding steroid dienone is 3. The minimum absolute atomic E-state index is 0.336. The minimum atomic E-state index is 0.336. The zero-order valence-corrected chi connectivity index (χ0v) is 18.0. The highest BCUT2D eigenvalue weighted by atomic mass is 32.1. The van der Waals surface area contributed by atoms with Crippen molar-refractivity contribution in [3.63, 3.8) is 0 Å². The van der Waals surface area contributed by atoms with Gasteiger partial charge in [0.15, 0.2) is 0 Å². The molecule has 0 fully saturated rings. The molecular formula is C26H27NOS. The van der Waals surface area contributed by atoms with Gasteiger partial charge in [-0.15, -0.1) is 0 Å². The molecular weight excluding hydrogens is 374 g/mol. The van der Waals surface area contributed by atoms with Crippen LogP contribution in [-0.2, 0) is 0 Å². The van der Waals surface area contributed by atoms with Crippen LogP contribution in [0.15, 0.2) is 91.3 Å². The number of rotatable bonds is 7.